The van der Waals surface area contributed by atoms with Crippen LogP contribution in [0.2, 0.25) is 0 Å². The van der Waals surface area contributed by atoms with Crippen molar-refractivity contribution in [3.63, 3.8) is 0 Å². The quantitative estimate of drug-likeness (QED) is 0.830. The van der Waals surface area contributed by atoms with Crippen molar-refractivity contribution in [1.82, 2.24) is 4.90 Å². The Labute approximate surface area is 161 Å². The molecule has 4 nitrogen and oxygen atoms in total. The molecule has 4 unspecified atom stereocenters. The van der Waals surface area contributed by atoms with Crippen molar-refractivity contribution in [2.75, 3.05) is 19.7 Å². The molecule has 4 atom stereocenters. The predicted molar refractivity (Wildman–Crippen MR) is 105 cm³/mol. The van der Waals surface area contributed by atoms with Crippen LogP contribution in [-0.4, -0.2) is 41.8 Å². The number of fused-ring (bicyclic) bond motifs is 3. The average Bonchev–Trinajstić information content (AvgIpc) is 2.84. The molecule has 2 aliphatic heterocycles. The Hall–Kier alpha value is -1.91. The molecule has 0 radical (unpaired) electrons. The summed E-state index contributed by atoms with van der Waals surface area (Å²) in [7, 11) is 0. The van der Waals surface area contributed by atoms with Gasteiger partial charge in [0.05, 0.1) is 12.7 Å². The van der Waals surface area contributed by atoms with Crippen LogP contribution in [0, 0.1) is 16.7 Å². The molecule has 1 aromatic rings. The van der Waals surface area contributed by atoms with E-state index in [1.807, 2.05) is 25.1 Å². The topological polar surface area (TPSA) is 49.8 Å². The summed E-state index contributed by atoms with van der Waals surface area (Å²) in [5, 5.41) is 11.1. The summed E-state index contributed by atoms with van der Waals surface area (Å²) < 4.78 is 5.46. The van der Waals surface area contributed by atoms with E-state index in [2.05, 4.69) is 42.2 Å². The van der Waals surface area contributed by atoms with E-state index < -0.39 is 11.5 Å². The molecule has 2 aliphatic carbocycles. The van der Waals surface area contributed by atoms with E-state index in [1.54, 1.807) is 0 Å². The maximum absolute atomic E-state index is 13.0. The summed E-state index contributed by atoms with van der Waals surface area (Å²) in [5.74, 6) is 0.0144. The average molecular weight is 367 g/mol. The van der Waals surface area contributed by atoms with Crippen molar-refractivity contribution in [2.24, 2.45) is 16.7 Å². The fourth-order valence-corrected chi connectivity index (χ4v) is 5.41. The number of aliphatic hydroxyl groups excluding tert-OH is 1. The third kappa shape index (κ3) is 3.15. The zero-order valence-electron chi connectivity index (χ0n) is 16.2. The highest BCUT2D eigenvalue weighted by atomic mass is 16.5. The lowest BCUT2D eigenvalue weighted by molar-refractivity contribution is -0.170. The van der Waals surface area contributed by atoms with Crippen molar-refractivity contribution >= 4 is 5.97 Å². The number of rotatable bonds is 4. The highest BCUT2D eigenvalue weighted by Crippen LogP contribution is 2.56. The minimum Gasteiger partial charge on any atom is -0.465 e. The molecule has 1 N–H and O–H groups in total. The Kier molecular flexibility index (Phi) is 4.73. The second-order valence-corrected chi connectivity index (χ2v) is 8.52. The van der Waals surface area contributed by atoms with E-state index in [0.717, 1.165) is 13.1 Å². The van der Waals surface area contributed by atoms with Gasteiger partial charge in [-0.05, 0) is 38.2 Å². The number of carbonyl (C=O) groups is 1. The van der Waals surface area contributed by atoms with Crippen LogP contribution in [0.25, 0.3) is 0 Å². The van der Waals surface area contributed by atoms with Gasteiger partial charge in [0.1, 0.15) is 5.41 Å². The Bertz CT molecular complexity index is 771. The van der Waals surface area contributed by atoms with Gasteiger partial charge >= 0.3 is 5.97 Å². The van der Waals surface area contributed by atoms with E-state index in [4.69, 9.17) is 4.74 Å². The Morgan fingerprint density at radius 2 is 2.04 bits per heavy atom. The molecule has 4 aliphatic rings. The Balaban J connectivity index is 1.73. The number of allylic oxidation sites excluding steroid dienone is 3. The number of nitrogens with zero attached hydrogens (tertiary/aromatic N) is 1. The van der Waals surface area contributed by atoms with Crippen LogP contribution in [0.15, 0.2) is 54.1 Å². The van der Waals surface area contributed by atoms with Crippen LogP contribution in [0.4, 0.5) is 0 Å². The van der Waals surface area contributed by atoms with Gasteiger partial charge in [-0.1, -0.05) is 54.1 Å². The minimum atomic E-state index is -0.848. The van der Waals surface area contributed by atoms with Crippen LogP contribution in [0.5, 0.6) is 0 Å². The Morgan fingerprint density at radius 1 is 1.26 bits per heavy atom. The molecule has 2 heterocycles. The molecule has 27 heavy (non-hydrogen) atoms. The fraction of sp³-hybridized carbons (Fsp3) is 0.522. The summed E-state index contributed by atoms with van der Waals surface area (Å²) in [6, 6.07) is 10.4. The van der Waals surface area contributed by atoms with E-state index >= 15 is 0 Å². The maximum atomic E-state index is 13.0. The van der Waals surface area contributed by atoms with Crippen LogP contribution in [-0.2, 0) is 16.1 Å². The van der Waals surface area contributed by atoms with Gasteiger partial charge in [-0.3, -0.25) is 9.69 Å². The van der Waals surface area contributed by atoms with Crippen LogP contribution < -0.4 is 0 Å². The highest BCUT2D eigenvalue weighted by Gasteiger charge is 2.61. The minimum absolute atomic E-state index is 0.112. The molecule has 5 rings (SSSR count). The molecule has 4 heteroatoms. The van der Waals surface area contributed by atoms with Gasteiger partial charge in [-0.2, -0.15) is 0 Å². The third-order valence-electron chi connectivity index (χ3n) is 6.60. The molecule has 1 spiro atoms. The maximum Gasteiger partial charge on any atom is 0.316 e. The number of ether oxygens (including phenoxy) is 1. The fourth-order valence-electron chi connectivity index (χ4n) is 5.41. The predicted octanol–water partition coefficient (Wildman–Crippen LogP) is 3.33. The van der Waals surface area contributed by atoms with Gasteiger partial charge in [0.15, 0.2) is 0 Å². The van der Waals surface area contributed by atoms with Gasteiger partial charge in [-0.25, -0.2) is 0 Å². The highest BCUT2D eigenvalue weighted by molar-refractivity contribution is 5.78. The number of aliphatic hydroxyl groups is 1. The van der Waals surface area contributed by atoms with Crippen molar-refractivity contribution < 1.29 is 14.6 Å². The van der Waals surface area contributed by atoms with E-state index in [1.165, 1.54) is 11.1 Å². The van der Waals surface area contributed by atoms with Crippen LogP contribution in [0.3, 0.4) is 0 Å². The van der Waals surface area contributed by atoms with E-state index in [0.29, 0.717) is 26.0 Å². The molecule has 3 fully saturated rings. The van der Waals surface area contributed by atoms with Crippen molar-refractivity contribution in [3.05, 3.63) is 59.7 Å². The zero-order valence-corrected chi connectivity index (χ0v) is 16.2. The third-order valence-corrected chi connectivity index (χ3v) is 6.60. The SMILES string of the molecule is CCOC(=O)C12CC3C=CC(C)=CC3(CC1O)CN(Cc1ccccc1)C2. The molecule has 1 aromatic carbocycles. The number of hydrogen-bond donors (Lipinski definition) is 1. The van der Waals surface area contributed by atoms with Crippen molar-refractivity contribution in [2.45, 2.75) is 39.3 Å². The Morgan fingerprint density at radius 3 is 2.78 bits per heavy atom. The van der Waals surface area contributed by atoms with Crippen LogP contribution in [0.1, 0.15) is 32.3 Å². The summed E-state index contributed by atoms with van der Waals surface area (Å²) in [6.07, 6.45) is 7.33. The van der Waals surface area contributed by atoms with Gasteiger partial charge in [0.25, 0.3) is 0 Å². The molecular formula is C23H29NO3. The second kappa shape index (κ2) is 6.92. The lowest BCUT2D eigenvalue weighted by Gasteiger charge is -2.48. The molecule has 0 amide bonds. The van der Waals surface area contributed by atoms with Gasteiger partial charge < -0.3 is 9.84 Å². The molecule has 0 aromatic heterocycles. The first-order valence-electron chi connectivity index (χ1n) is 9.97. The van der Waals surface area contributed by atoms with Crippen LogP contribution >= 0.6 is 0 Å². The number of hydrogen-bond acceptors (Lipinski definition) is 4. The standard InChI is InChI=1S/C23H29NO3/c1-3-27-21(26)23-12-19-10-9-17(2)11-22(19,13-20(23)25)15-24(16-23)14-18-7-5-4-6-8-18/h4-11,19-20,25H,3,12-16H2,1-2H3. The monoisotopic (exact) mass is 367 g/mol. The zero-order chi connectivity index (χ0) is 19.1. The number of esters is 1. The molecular weight excluding hydrogens is 338 g/mol. The van der Waals surface area contributed by atoms with E-state index in [-0.39, 0.29) is 17.3 Å². The summed E-state index contributed by atoms with van der Waals surface area (Å²) in [5.41, 5.74) is 1.51. The second-order valence-electron chi connectivity index (χ2n) is 8.52. The lowest BCUT2D eigenvalue weighted by atomic mass is 9.56. The van der Waals surface area contributed by atoms with Gasteiger partial charge in [-0.15, -0.1) is 0 Å². The molecule has 144 valence electrons. The van der Waals surface area contributed by atoms with Crippen molar-refractivity contribution in [3.8, 4) is 0 Å². The van der Waals surface area contributed by atoms with E-state index in [9.17, 15) is 9.90 Å². The first kappa shape index (κ1) is 18.5. The number of benzene rings is 1. The number of carbonyl (C=O) groups excluding carboxylic acids is 1. The summed E-state index contributed by atoms with van der Waals surface area (Å²) in [6.45, 7) is 6.47. The van der Waals surface area contributed by atoms with Crippen molar-refractivity contribution in [1.29, 1.82) is 0 Å². The first-order valence-corrected chi connectivity index (χ1v) is 9.97. The first-order chi connectivity index (χ1) is 13.0. The molecule has 1 saturated carbocycles. The normalized spacial score (nSPS) is 35.3. The van der Waals surface area contributed by atoms with Gasteiger partial charge in [0, 0.05) is 25.0 Å². The largest absolute Gasteiger partial charge is 0.465 e. The summed E-state index contributed by atoms with van der Waals surface area (Å²) in [4.78, 5) is 15.4. The summed E-state index contributed by atoms with van der Waals surface area (Å²) >= 11 is 0. The lowest BCUT2D eigenvalue weighted by Crippen LogP contribution is -2.54. The van der Waals surface area contributed by atoms with Gasteiger partial charge in [0.2, 0.25) is 0 Å². The smallest absolute Gasteiger partial charge is 0.316 e. The molecule has 2 saturated heterocycles. The molecule has 2 bridgehead atoms.